The standard InChI is InChI=1S/C16H14ClNO2/c1-20-15-7-3-6-14(11-15)18-16(19)9-8-12-4-2-5-13(17)10-12/h2-11H,1H3,(H,18,19)/b9-8-. The van der Waals surface area contributed by atoms with Crippen LogP contribution in [-0.2, 0) is 4.79 Å². The van der Waals surface area contributed by atoms with Crippen molar-refractivity contribution in [3.63, 3.8) is 0 Å². The molecule has 0 bridgehead atoms. The van der Waals surface area contributed by atoms with Gasteiger partial charge in [0.15, 0.2) is 0 Å². The highest BCUT2D eigenvalue weighted by atomic mass is 35.5. The number of hydrogen-bond acceptors (Lipinski definition) is 2. The molecule has 2 rings (SSSR count). The molecule has 0 heterocycles. The summed E-state index contributed by atoms with van der Waals surface area (Å²) >= 11 is 5.87. The zero-order valence-electron chi connectivity index (χ0n) is 11.0. The fraction of sp³-hybridized carbons (Fsp3) is 0.0625. The lowest BCUT2D eigenvalue weighted by molar-refractivity contribution is -0.111. The molecule has 0 aliphatic carbocycles. The summed E-state index contributed by atoms with van der Waals surface area (Å²) < 4.78 is 5.09. The molecule has 2 aromatic rings. The van der Waals surface area contributed by atoms with Crippen molar-refractivity contribution in [3.05, 3.63) is 65.2 Å². The number of hydrogen-bond donors (Lipinski definition) is 1. The van der Waals surface area contributed by atoms with E-state index in [1.54, 1.807) is 37.5 Å². The van der Waals surface area contributed by atoms with E-state index in [-0.39, 0.29) is 5.91 Å². The van der Waals surface area contributed by atoms with E-state index in [4.69, 9.17) is 16.3 Å². The van der Waals surface area contributed by atoms with Crippen LogP contribution < -0.4 is 10.1 Å². The lowest BCUT2D eigenvalue weighted by Crippen LogP contribution is -2.07. The van der Waals surface area contributed by atoms with Crippen molar-refractivity contribution >= 4 is 29.3 Å². The number of amides is 1. The number of benzene rings is 2. The molecule has 0 fully saturated rings. The minimum atomic E-state index is -0.210. The summed E-state index contributed by atoms with van der Waals surface area (Å²) in [5, 5.41) is 3.40. The van der Waals surface area contributed by atoms with E-state index in [9.17, 15) is 4.79 Å². The van der Waals surface area contributed by atoms with Gasteiger partial charge in [0.05, 0.1) is 7.11 Å². The molecule has 0 aliphatic rings. The predicted molar refractivity (Wildman–Crippen MR) is 82.1 cm³/mol. The van der Waals surface area contributed by atoms with Crippen molar-refractivity contribution in [2.75, 3.05) is 12.4 Å². The van der Waals surface area contributed by atoms with Crippen LogP contribution in [0.5, 0.6) is 5.75 Å². The Morgan fingerprint density at radius 2 is 2.00 bits per heavy atom. The summed E-state index contributed by atoms with van der Waals surface area (Å²) in [6.45, 7) is 0. The molecule has 0 radical (unpaired) electrons. The zero-order chi connectivity index (χ0) is 14.4. The van der Waals surface area contributed by atoms with Gasteiger partial charge in [0.1, 0.15) is 5.75 Å². The van der Waals surface area contributed by atoms with E-state index in [2.05, 4.69) is 5.32 Å². The first kappa shape index (κ1) is 14.2. The Hall–Kier alpha value is -2.26. The van der Waals surface area contributed by atoms with Crippen LogP contribution >= 0.6 is 11.6 Å². The Morgan fingerprint density at radius 1 is 1.20 bits per heavy atom. The molecule has 0 aliphatic heterocycles. The SMILES string of the molecule is COc1cccc(NC(=O)/C=C\c2cccc(Cl)c2)c1. The fourth-order valence-electron chi connectivity index (χ4n) is 1.67. The second-order valence-corrected chi connectivity index (χ2v) is 4.55. The predicted octanol–water partition coefficient (Wildman–Crippen LogP) is 4.00. The van der Waals surface area contributed by atoms with E-state index in [0.717, 1.165) is 5.56 Å². The lowest BCUT2D eigenvalue weighted by atomic mass is 10.2. The molecule has 4 heteroatoms. The van der Waals surface area contributed by atoms with Gasteiger partial charge in [-0.2, -0.15) is 0 Å². The summed E-state index contributed by atoms with van der Waals surface area (Å²) in [7, 11) is 1.58. The van der Waals surface area contributed by atoms with E-state index in [1.165, 1.54) is 6.08 Å². The lowest BCUT2D eigenvalue weighted by Gasteiger charge is -2.04. The molecular weight excluding hydrogens is 274 g/mol. The number of rotatable bonds is 4. The highest BCUT2D eigenvalue weighted by Crippen LogP contribution is 2.17. The summed E-state index contributed by atoms with van der Waals surface area (Å²) in [4.78, 5) is 11.8. The van der Waals surface area contributed by atoms with Crippen LogP contribution in [0.4, 0.5) is 5.69 Å². The molecule has 0 spiro atoms. The van der Waals surface area contributed by atoms with Crippen LogP contribution in [0.3, 0.4) is 0 Å². The monoisotopic (exact) mass is 287 g/mol. The Balaban J connectivity index is 2.01. The second-order valence-electron chi connectivity index (χ2n) is 4.11. The van der Waals surface area contributed by atoms with Gasteiger partial charge in [-0.15, -0.1) is 0 Å². The van der Waals surface area contributed by atoms with Crippen LogP contribution in [-0.4, -0.2) is 13.0 Å². The summed E-state index contributed by atoms with van der Waals surface area (Å²) in [6.07, 6.45) is 3.17. The van der Waals surface area contributed by atoms with Crippen molar-refractivity contribution < 1.29 is 9.53 Å². The smallest absolute Gasteiger partial charge is 0.248 e. The van der Waals surface area contributed by atoms with E-state index in [1.807, 2.05) is 24.3 Å². The van der Waals surface area contributed by atoms with Crippen molar-refractivity contribution in [2.45, 2.75) is 0 Å². The van der Waals surface area contributed by atoms with Crippen LogP contribution in [0, 0.1) is 0 Å². The largest absolute Gasteiger partial charge is 0.497 e. The van der Waals surface area contributed by atoms with Gasteiger partial charge in [0, 0.05) is 22.9 Å². The van der Waals surface area contributed by atoms with Gasteiger partial charge in [0.25, 0.3) is 0 Å². The number of ether oxygens (including phenoxy) is 1. The summed E-state index contributed by atoms with van der Waals surface area (Å²) in [6, 6.07) is 14.5. The number of nitrogens with one attached hydrogen (secondary N) is 1. The minimum Gasteiger partial charge on any atom is -0.497 e. The zero-order valence-corrected chi connectivity index (χ0v) is 11.7. The normalized spacial score (nSPS) is 10.5. The van der Waals surface area contributed by atoms with Gasteiger partial charge in [-0.05, 0) is 35.9 Å². The molecule has 0 unspecified atom stereocenters. The number of anilines is 1. The minimum absolute atomic E-state index is 0.210. The summed E-state index contributed by atoms with van der Waals surface area (Å²) in [5.74, 6) is 0.486. The molecule has 1 N–H and O–H groups in total. The third-order valence-electron chi connectivity index (χ3n) is 2.61. The van der Waals surface area contributed by atoms with Crippen LogP contribution in [0.2, 0.25) is 5.02 Å². The molecule has 0 saturated carbocycles. The Morgan fingerprint density at radius 3 is 2.75 bits per heavy atom. The Labute approximate surface area is 122 Å². The van der Waals surface area contributed by atoms with Gasteiger partial charge >= 0.3 is 0 Å². The van der Waals surface area contributed by atoms with Crippen LogP contribution in [0.15, 0.2) is 54.6 Å². The molecule has 0 saturated heterocycles. The van der Waals surface area contributed by atoms with Crippen molar-refractivity contribution in [2.24, 2.45) is 0 Å². The first-order chi connectivity index (χ1) is 9.67. The molecule has 0 atom stereocenters. The maximum absolute atomic E-state index is 11.8. The molecular formula is C16H14ClNO2. The fourth-order valence-corrected chi connectivity index (χ4v) is 1.87. The molecule has 0 aromatic heterocycles. The van der Waals surface area contributed by atoms with Gasteiger partial charge in [0.2, 0.25) is 5.91 Å². The van der Waals surface area contributed by atoms with Crippen molar-refractivity contribution in [3.8, 4) is 5.75 Å². The molecule has 2 aromatic carbocycles. The molecule has 102 valence electrons. The third kappa shape index (κ3) is 4.14. The number of halogens is 1. The molecule has 3 nitrogen and oxygen atoms in total. The van der Waals surface area contributed by atoms with Gasteiger partial charge < -0.3 is 10.1 Å². The summed E-state index contributed by atoms with van der Waals surface area (Å²) in [5.41, 5.74) is 1.56. The highest BCUT2D eigenvalue weighted by molar-refractivity contribution is 6.30. The third-order valence-corrected chi connectivity index (χ3v) is 2.85. The van der Waals surface area contributed by atoms with Crippen LogP contribution in [0.25, 0.3) is 6.08 Å². The first-order valence-electron chi connectivity index (χ1n) is 6.06. The maximum atomic E-state index is 11.8. The maximum Gasteiger partial charge on any atom is 0.248 e. The van der Waals surface area contributed by atoms with Gasteiger partial charge in [-0.25, -0.2) is 0 Å². The number of carbonyl (C=O) groups is 1. The Kier molecular flexibility index (Phi) is 4.80. The van der Waals surface area contributed by atoms with Crippen molar-refractivity contribution in [1.82, 2.24) is 0 Å². The van der Waals surface area contributed by atoms with Gasteiger partial charge in [-0.3, -0.25) is 4.79 Å². The van der Waals surface area contributed by atoms with Crippen molar-refractivity contribution in [1.29, 1.82) is 0 Å². The average Bonchev–Trinajstić information content (AvgIpc) is 2.45. The quantitative estimate of drug-likeness (QED) is 0.863. The number of methoxy groups -OCH3 is 1. The van der Waals surface area contributed by atoms with Gasteiger partial charge in [-0.1, -0.05) is 29.8 Å². The average molecular weight is 288 g/mol. The Bertz CT molecular complexity index is 638. The van der Waals surface area contributed by atoms with Crippen LogP contribution in [0.1, 0.15) is 5.56 Å². The topological polar surface area (TPSA) is 38.3 Å². The highest BCUT2D eigenvalue weighted by Gasteiger charge is 1.99. The van der Waals surface area contributed by atoms with E-state index in [0.29, 0.717) is 16.5 Å². The van der Waals surface area contributed by atoms with E-state index < -0.39 is 0 Å². The number of carbonyl (C=O) groups excluding carboxylic acids is 1. The molecule has 20 heavy (non-hydrogen) atoms. The van der Waals surface area contributed by atoms with E-state index >= 15 is 0 Å². The first-order valence-corrected chi connectivity index (χ1v) is 6.44. The second kappa shape index (κ2) is 6.78. The molecule has 1 amide bonds.